The van der Waals surface area contributed by atoms with Crippen molar-refractivity contribution in [2.75, 3.05) is 11.9 Å². The van der Waals surface area contributed by atoms with Gasteiger partial charge in [0.1, 0.15) is 24.2 Å². The lowest BCUT2D eigenvalue weighted by molar-refractivity contribution is -0.109. The molecule has 0 saturated carbocycles. The molecule has 0 bridgehead atoms. The summed E-state index contributed by atoms with van der Waals surface area (Å²) in [6.07, 6.45) is 2.96. The van der Waals surface area contributed by atoms with Crippen LogP contribution < -0.4 is 5.32 Å². The fraction of sp³-hybridized carbons (Fsp3) is 0.267. The van der Waals surface area contributed by atoms with Gasteiger partial charge in [-0.05, 0) is 24.6 Å². The second-order valence-corrected chi connectivity index (χ2v) is 4.64. The Labute approximate surface area is 116 Å². The molecule has 1 aromatic carbocycles. The number of nitrogens with zero attached hydrogens (tertiary/aromatic N) is 2. The van der Waals surface area contributed by atoms with E-state index in [2.05, 4.69) is 21.9 Å². The summed E-state index contributed by atoms with van der Waals surface area (Å²) in [5.74, 6) is 0.104. The highest BCUT2D eigenvalue weighted by Crippen LogP contribution is 2.20. The third-order valence-electron chi connectivity index (χ3n) is 3.18. The van der Waals surface area contributed by atoms with Gasteiger partial charge in [0.2, 0.25) is 0 Å². The molecule has 104 valence electrons. The van der Waals surface area contributed by atoms with Crippen LogP contribution in [0.25, 0.3) is 10.9 Å². The molecule has 0 aliphatic rings. The molecule has 0 saturated heterocycles. The molecular weight excluding hydrogens is 257 g/mol. The van der Waals surface area contributed by atoms with Crippen LogP contribution in [0.15, 0.2) is 36.7 Å². The third kappa shape index (κ3) is 3.17. The number of hydrogen-bond acceptors (Lipinski definition) is 4. The molecule has 5 heteroatoms. The first-order chi connectivity index (χ1) is 9.61. The smallest absolute Gasteiger partial charge is 0.137 e. The minimum absolute atomic E-state index is 0.156. The van der Waals surface area contributed by atoms with Crippen LogP contribution in [0.4, 0.5) is 10.2 Å². The predicted octanol–water partition coefficient (Wildman–Crippen LogP) is 2.96. The minimum Gasteiger partial charge on any atom is -0.369 e. The lowest BCUT2D eigenvalue weighted by Gasteiger charge is -2.11. The number of aromatic nitrogens is 2. The fourth-order valence-corrected chi connectivity index (χ4v) is 1.84. The Balaban J connectivity index is 2.08. The van der Waals surface area contributed by atoms with Crippen molar-refractivity contribution in [3.63, 3.8) is 0 Å². The predicted molar refractivity (Wildman–Crippen MR) is 77.0 cm³/mol. The number of nitrogens with one attached hydrogen (secondary N) is 1. The molecule has 0 spiro atoms. The maximum Gasteiger partial charge on any atom is 0.137 e. The number of fused-ring (bicyclic) bond motifs is 1. The largest absolute Gasteiger partial charge is 0.369 e. The van der Waals surface area contributed by atoms with E-state index in [1.165, 1.54) is 18.5 Å². The summed E-state index contributed by atoms with van der Waals surface area (Å²) in [6.45, 7) is 6.26. The van der Waals surface area contributed by atoms with E-state index in [9.17, 15) is 9.18 Å². The van der Waals surface area contributed by atoms with Crippen LogP contribution >= 0.6 is 0 Å². The summed E-state index contributed by atoms with van der Waals surface area (Å²) in [6, 6.07) is 4.39. The normalized spacial score (nSPS) is 12.1. The van der Waals surface area contributed by atoms with E-state index in [0.29, 0.717) is 29.7 Å². The molecule has 1 aromatic heterocycles. The van der Waals surface area contributed by atoms with Crippen LogP contribution in [0.2, 0.25) is 0 Å². The van der Waals surface area contributed by atoms with Gasteiger partial charge in [0.15, 0.2) is 0 Å². The van der Waals surface area contributed by atoms with Crippen LogP contribution in [-0.4, -0.2) is 22.8 Å². The lowest BCUT2D eigenvalue weighted by atomic mass is 10.0. The van der Waals surface area contributed by atoms with Gasteiger partial charge >= 0.3 is 0 Å². The molecule has 0 amide bonds. The second-order valence-electron chi connectivity index (χ2n) is 4.64. The topological polar surface area (TPSA) is 54.9 Å². The van der Waals surface area contributed by atoms with Gasteiger partial charge in [-0.3, -0.25) is 0 Å². The average molecular weight is 273 g/mol. The molecule has 1 unspecified atom stereocenters. The maximum absolute atomic E-state index is 13.3. The molecule has 0 radical (unpaired) electrons. The van der Waals surface area contributed by atoms with Crippen LogP contribution in [0.1, 0.15) is 13.3 Å². The van der Waals surface area contributed by atoms with Crippen molar-refractivity contribution < 1.29 is 9.18 Å². The van der Waals surface area contributed by atoms with Crippen LogP contribution in [-0.2, 0) is 4.79 Å². The Bertz CT molecular complexity index is 642. The quantitative estimate of drug-likeness (QED) is 0.649. The molecule has 2 aromatic rings. The van der Waals surface area contributed by atoms with Crippen molar-refractivity contribution in [3.8, 4) is 0 Å². The van der Waals surface area contributed by atoms with Crippen molar-refractivity contribution >= 4 is 23.0 Å². The number of aldehydes is 1. The number of carbonyl (C=O) groups excluding carboxylic acids is 1. The summed E-state index contributed by atoms with van der Waals surface area (Å²) in [7, 11) is 0. The molecule has 20 heavy (non-hydrogen) atoms. The van der Waals surface area contributed by atoms with Gasteiger partial charge in [-0.2, -0.15) is 0 Å². The number of carbonyl (C=O) groups is 1. The van der Waals surface area contributed by atoms with E-state index < -0.39 is 0 Å². The fourth-order valence-electron chi connectivity index (χ4n) is 1.84. The first-order valence-corrected chi connectivity index (χ1v) is 6.39. The van der Waals surface area contributed by atoms with Crippen molar-refractivity contribution in [1.29, 1.82) is 0 Å². The summed E-state index contributed by atoms with van der Waals surface area (Å²) < 4.78 is 13.3. The van der Waals surface area contributed by atoms with E-state index >= 15 is 0 Å². The van der Waals surface area contributed by atoms with Gasteiger partial charge in [-0.25, -0.2) is 14.4 Å². The average Bonchev–Trinajstić information content (AvgIpc) is 2.46. The van der Waals surface area contributed by atoms with Gasteiger partial charge in [-0.15, -0.1) is 0 Å². The molecule has 4 nitrogen and oxygen atoms in total. The Morgan fingerprint density at radius 2 is 2.30 bits per heavy atom. The molecule has 1 atom stereocenters. The van der Waals surface area contributed by atoms with Crippen LogP contribution in [0, 0.1) is 11.7 Å². The van der Waals surface area contributed by atoms with E-state index in [0.717, 1.165) is 11.9 Å². The van der Waals surface area contributed by atoms with Crippen molar-refractivity contribution in [1.82, 2.24) is 9.97 Å². The Morgan fingerprint density at radius 1 is 1.50 bits per heavy atom. The van der Waals surface area contributed by atoms with E-state index in [4.69, 9.17) is 0 Å². The Morgan fingerprint density at radius 3 is 3.05 bits per heavy atom. The summed E-state index contributed by atoms with van der Waals surface area (Å²) in [4.78, 5) is 18.9. The van der Waals surface area contributed by atoms with Crippen molar-refractivity contribution in [2.45, 2.75) is 13.3 Å². The number of benzene rings is 1. The van der Waals surface area contributed by atoms with E-state index in [-0.39, 0.29) is 11.7 Å². The first kappa shape index (κ1) is 14.1. The highest BCUT2D eigenvalue weighted by Gasteiger charge is 2.07. The van der Waals surface area contributed by atoms with Gasteiger partial charge in [0.25, 0.3) is 0 Å². The standard InChI is InChI=1S/C15H16FN3O/c1-10(11(2)8-20)5-6-17-15-13-7-12(16)3-4-14(13)18-9-19-15/h3-4,7-9,11H,1,5-6H2,2H3,(H,17,18,19). The highest BCUT2D eigenvalue weighted by atomic mass is 19.1. The van der Waals surface area contributed by atoms with Gasteiger partial charge in [0, 0.05) is 17.8 Å². The SMILES string of the molecule is C=C(CCNc1ncnc2ccc(F)cc12)C(C)C=O. The van der Waals surface area contributed by atoms with Crippen molar-refractivity contribution in [2.24, 2.45) is 5.92 Å². The number of rotatable bonds is 6. The zero-order valence-electron chi connectivity index (χ0n) is 11.3. The molecule has 0 fully saturated rings. The highest BCUT2D eigenvalue weighted by molar-refractivity contribution is 5.88. The maximum atomic E-state index is 13.3. The zero-order valence-corrected chi connectivity index (χ0v) is 11.3. The molecular formula is C15H16FN3O. The monoisotopic (exact) mass is 273 g/mol. The van der Waals surface area contributed by atoms with E-state index in [1.807, 2.05) is 6.92 Å². The lowest BCUT2D eigenvalue weighted by Crippen LogP contribution is -2.08. The van der Waals surface area contributed by atoms with Crippen LogP contribution in [0.5, 0.6) is 0 Å². The Kier molecular flexibility index (Phi) is 4.40. The van der Waals surface area contributed by atoms with Crippen molar-refractivity contribution in [3.05, 3.63) is 42.5 Å². The van der Waals surface area contributed by atoms with Gasteiger partial charge in [-0.1, -0.05) is 19.1 Å². The van der Waals surface area contributed by atoms with Gasteiger partial charge < -0.3 is 10.1 Å². The van der Waals surface area contributed by atoms with Gasteiger partial charge in [0.05, 0.1) is 5.52 Å². The number of hydrogen-bond donors (Lipinski definition) is 1. The minimum atomic E-state index is -0.325. The Hall–Kier alpha value is -2.30. The third-order valence-corrected chi connectivity index (χ3v) is 3.18. The summed E-state index contributed by atoms with van der Waals surface area (Å²) in [5.41, 5.74) is 1.54. The molecule has 2 rings (SSSR count). The number of anilines is 1. The summed E-state index contributed by atoms with van der Waals surface area (Å²) >= 11 is 0. The molecule has 0 aliphatic carbocycles. The van der Waals surface area contributed by atoms with E-state index in [1.54, 1.807) is 6.07 Å². The molecule has 0 aliphatic heterocycles. The van der Waals surface area contributed by atoms with Crippen LogP contribution in [0.3, 0.4) is 0 Å². The zero-order chi connectivity index (χ0) is 14.5. The number of halogens is 1. The first-order valence-electron chi connectivity index (χ1n) is 6.39. The summed E-state index contributed by atoms with van der Waals surface area (Å²) in [5, 5.41) is 3.77. The second kappa shape index (κ2) is 6.23. The molecule has 1 N–H and O–H groups in total. The molecule has 1 heterocycles.